The van der Waals surface area contributed by atoms with Crippen molar-refractivity contribution in [2.75, 3.05) is 16.8 Å². The van der Waals surface area contributed by atoms with E-state index in [1.54, 1.807) is 36.0 Å². The number of nitrogens with one attached hydrogen (secondary N) is 1. The Kier molecular flexibility index (Phi) is 5.24. The summed E-state index contributed by atoms with van der Waals surface area (Å²) in [6, 6.07) is 16.6. The summed E-state index contributed by atoms with van der Waals surface area (Å²) in [6.07, 6.45) is 0.384. The fraction of sp³-hybridized carbons (Fsp3) is 0.125. The van der Waals surface area contributed by atoms with Gasteiger partial charge >= 0.3 is 0 Å². The SMILES string of the molecule is N#Cc1ccccc1NC(=O)CCSc1ccc(N)cc1. The van der Waals surface area contributed by atoms with Crippen LogP contribution in [-0.4, -0.2) is 11.7 Å². The van der Waals surface area contributed by atoms with Crippen LogP contribution in [0.5, 0.6) is 0 Å². The molecule has 0 bridgehead atoms. The number of nitrogens with zero attached hydrogens (tertiary/aromatic N) is 1. The Balaban J connectivity index is 1.82. The summed E-state index contributed by atoms with van der Waals surface area (Å²) in [7, 11) is 0. The monoisotopic (exact) mass is 297 g/mol. The first-order valence-corrected chi connectivity index (χ1v) is 7.45. The lowest BCUT2D eigenvalue weighted by Gasteiger charge is -2.06. The molecule has 0 radical (unpaired) electrons. The molecule has 0 spiro atoms. The molecule has 0 aliphatic carbocycles. The van der Waals surface area contributed by atoms with Gasteiger partial charge in [0, 0.05) is 22.8 Å². The van der Waals surface area contributed by atoms with Gasteiger partial charge in [-0.3, -0.25) is 4.79 Å². The molecule has 1 amide bonds. The van der Waals surface area contributed by atoms with Gasteiger partial charge in [-0.25, -0.2) is 0 Å². The van der Waals surface area contributed by atoms with Crippen LogP contribution in [0.4, 0.5) is 11.4 Å². The molecule has 21 heavy (non-hydrogen) atoms. The molecule has 0 aliphatic rings. The number of nitriles is 1. The first kappa shape index (κ1) is 14.9. The van der Waals surface area contributed by atoms with E-state index in [0.717, 1.165) is 10.6 Å². The zero-order valence-corrected chi connectivity index (χ0v) is 12.2. The summed E-state index contributed by atoms with van der Waals surface area (Å²) in [5, 5.41) is 11.7. The lowest BCUT2D eigenvalue weighted by molar-refractivity contribution is -0.115. The fourth-order valence-corrected chi connectivity index (χ4v) is 2.58. The number of rotatable bonds is 5. The maximum atomic E-state index is 11.9. The number of nitrogen functional groups attached to an aromatic ring is 1. The summed E-state index contributed by atoms with van der Waals surface area (Å²) >= 11 is 1.60. The van der Waals surface area contributed by atoms with Gasteiger partial charge in [0.05, 0.1) is 11.3 Å². The van der Waals surface area contributed by atoms with Gasteiger partial charge in [-0.1, -0.05) is 12.1 Å². The molecule has 0 aromatic heterocycles. The van der Waals surface area contributed by atoms with E-state index in [-0.39, 0.29) is 5.91 Å². The molecular formula is C16H15N3OS. The molecule has 0 fully saturated rings. The molecular weight excluding hydrogens is 282 g/mol. The summed E-state index contributed by atoms with van der Waals surface area (Å²) in [4.78, 5) is 12.9. The standard InChI is InChI=1S/C16H15N3OS/c17-11-12-3-1-2-4-15(12)19-16(20)9-10-21-14-7-5-13(18)6-8-14/h1-8H,9-10,18H2,(H,19,20). The minimum absolute atomic E-state index is 0.0966. The lowest BCUT2D eigenvalue weighted by Crippen LogP contribution is -2.13. The van der Waals surface area contributed by atoms with E-state index in [9.17, 15) is 4.79 Å². The van der Waals surface area contributed by atoms with E-state index in [4.69, 9.17) is 11.0 Å². The average Bonchev–Trinajstić information content (AvgIpc) is 2.50. The van der Waals surface area contributed by atoms with Gasteiger partial charge in [0.15, 0.2) is 0 Å². The van der Waals surface area contributed by atoms with Crippen LogP contribution >= 0.6 is 11.8 Å². The van der Waals surface area contributed by atoms with Crippen LogP contribution in [0.1, 0.15) is 12.0 Å². The van der Waals surface area contributed by atoms with E-state index in [1.807, 2.05) is 24.3 Å². The third-order valence-corrected chi connectivity index (χ3v) is 3.81. The Bertz CT molecular complexity index is 662. The number of hydrogen-bond acceptors (Lipinski definition) is 4. The quantitative estimate of drug-likeness (QED) is 0.656. The molecule has 0 unspecified atom stereocenters. The van der Waals surface area contributed by atoms with Crippen LogP contribution in [0.2, 0.25) is 0 Å². The van der Waals surface area contributed by atoms with Gasteiger partial charge in [0.1, 0.15) is 6.07 Å². The zero-order chi connectivity index (χ0) is 15.1. The van der Waals surface area contributed by atoms with Gasteiger partial charge in [0.2, 0.25) is 5.91 Å². The van der Waals surface area contributed by atoms with E-state index < -0.39 is 0 Å². The minimum Gasteiger partial charge on any atom is -0.399 e. The number of para-hydroxylation sites is 1. The van der Waals surface area contributed by atoms with E-state index >= 15 is 0 Å². The molecule has 0 heterocycles. The highest BCUT2D eigenvalue weighted by molar-refractivity contribution is 7.99. The highest BCUT2D eigenvalue weighted by Crippen LogP contribution is 2.20. The van der Waals surface area contributed by atoms with Crippen LogP contribution in [0, 0.1) is 11.3 Å². The molecule has 0 saturated carbocycles. The summed E-state index contributed by atoms with van der Waals surface area (Å²) in [5.74, 6) is 0.574. The number of hydrogen-bond donors (Lipinski definition) is 2. The minimum atomic E-state index is -0.0966. The third-order valence-electron chi connectivity index (χ3n) is 2.80. The normalized spacial score (nSPS) is 9.86. The maximum absolute atomic E-state index is 11.9. The smallest absolute Gasteiger partial charge is 0.225 e. The van der Waals surface area contributed by atoms with Crippen molar-refractivity contribution in [1.82, 2.24) is 0 Å². The number of carbonyl (C=O) groups is 1. The molecule has 2 rings (SSSR count). The number of amides is 1. The predicted octanol–water partition coefficient (Wildman–Crippen LogP) is 3.26. The first-order chi connectivity index (χ1) is 10.2. The van der Waals surface area contributed by atoms with Crippen molar-refractivity contribution in [3.8, 4) is 6.07 Å². The van der Waals surface area contributed by atoms with Crippen LogP contribution in [0.25, 0.3) is 0 Å². The molecule has 2 aromatic carbocycles. The van der Waals surface area contributed by atoms with Crippen molar-refractivity contribution < 1.29 is 4.79 Å². The second kappa shape index (κ2) is 7.36. The largest absolute Gasteiger partial charge is 0.399 e. The topological polar surface area (TPSA) is 78.9 Å². The second-order valence-corrected chi connectivity index (χ2v) is 5.54. The Labute approximate surface area is 128 Å². The van der Waals surface area contributed by atoms with Gasteiger partial charge in [-0.05, 0) is 36.4 Å². The molecule has 106 valence electrons. The van der Waals surface area contributed by atoms with Crippen molar-refractivity contribution >= 4 is 29.0 Å². The van der Waals surface area contributed by atoms with E-state index in [2.05, 4.69) is 11.4 Å². The summed E-state index contributed by atoms with van der Waals surface area (Å²) in [6.45, 7) is 0. The van der Waals surface area contributed by atoms with Crippen molar-refractivity contribution in [2.45, 2.75) is 11.3 Å². The molecule has 2 aromatic rings. The molecule has 0 atom stereocenters. The number of nitrogens with two attached hydrogens (primary N) is 1. The highest BCUT2D eigenvalue weighted by Gasteiger charge is 2.06. The Morgan fingerprint density at radius 3 is 2.62 bits per heavy atom. The van der Waals surface area contributed by atoms with Crippen LogP contribution in [0.3, 0.4) is 0 Å². The lowest BCUT2D eigenvalue weighted by atomic mass is 10.2. The van der Waals surface area contributed by atoms with Gasteiger partial charge < -0.3 is 11.1 Å². The number of carbonyl (C=O) groups excluding carboxylic acids is 1. The molecule has 5 heteroatoms. The zero-order valence-electron chi connectivity index (χ0n) is 11.4. The van der Waals surface area contributed by atoms with Gasteiger partial charge in [-0.2, -0.15) is 5.26 Å². The average molecular weight is 297 g/mol. The third kappa shape index (κ3) is 4.55. The van der Waals surface area contributed by atoms with Crippen molar-refractivity contribution in [3.63, 3.8) is 0 Å². The van der Waals surface area contributed by atoms with E-state index in [0.29, 0.717) is 23.4 Å². The van der Waals surface area contributed by atoms with Gasteiger partial charge in [0.25, 0.3) is 0 Å². The Hall–Kier alpha value is -2.45. The number of benzene rings is 2. The maximum Gasteiger partial charge on any atom is 0.225 e. The molecule has 0 saturated heterocycles. The predicted molar refractivity (Wildman–Crippen MR) is 86.0 cm³/mol. The molecule has 0 aliphatic heterocycles. The number of anilines is 2. The van der Waals surface area contributed by atoms with Crippen molar-refractivity contribution in [1.29, 1.82) is 5.26 Å². The van der Waals surface area contributed by atoms with Crippen LogP contribution in [-0.2, 0) is 4.79 Å². The van der Waals surface area contributed by atoms with Crippen molar-refractivity contribution in [3.05, 3.63) is 54.1 Å². The highest BCUT2D eigenvalue weighted by atomic mass is 32.2. The fourth-order valence-electron chi connectivity index (χ4n) is 1.73. The molecule has 4 nitrogen and oxygen atoms in total. The van der Waals surface area contributed by atoms with Crippen molar-refractivity contribution in [2.24, 2.45) is 0 Å². The van der Waals surface area contributed by atoms with Crippen LogP contribution < -0.4 is 11.1 Å². The molecule has 3 N–H and O–H groups in total. The number of thioether (sulfide) groups is 1. The van der Waals surface area contributed by atoms with Gasteiger partial charge in [-0.15, -0.1) is 11.8 Å². The first-order valence-electron chi connectivity index (χ1n) is 6.46. The van der Waals surface area contributed by atoms with E-state index in [1.165, 1.54) is 0 Å². The second-order valence-electron chi connectivity index (χ2n) is 4.37. The Morgan fingerprint density at radius 2 is 1.90 bits per heavy atom. The summed E-state index contributed by atoms with van der Waals surface area (Å²) in [5.41, 5.74) is 7.37. The van der Waals surface area contributed by atoms with Crippen LogP contribution in [0.15, 0.2) is 53.4 Å². The Morgan fingerprint density at radius 1 is 1.19 bits per heavy atom. The summed E-state index contributed by atoms with van der Waals surface area (Å²) < 4.78 is 0.